The zero-order chi connectivity index (χ0) is 48.9. The van der Waals surface area contributed by atoms with Crippen LogP contribution < -0.4 is 10.4 Å². The summed E-state index contributed by atoms with van der Waals surface area (Å²) in [5.74, 6) is -1.24. The molecule has 7 unspecified atom stereocenters. The topological polar surface area (TPSA) is 162 Å². The van der Waals surface area contributed by atoms with Crippen molar-refractivity contribution in [2.75, 3.05) is 20.0 Å². The Kier molecular flexibility index (Phi) is 15.4. The molecule has 2 fully saturated rings. The van der Waals surface area contributed by atoms with Crippen molar-refractivity contribution < 1.29 is 48.3 Å². The lowest BCUT2D eigenvalue weighted by atomic mass is 9.68. The number of benzene rings is 4. The fourth-order valence-corrected chi connectivity index (χ4v) is 12.4. The lowest BCUT2D eigenvalue weighted by Gasteiger charge is -2.50. The van der Waals surface area contributed by atoms with Crippen molar-refractivity contribution in [3.05, 3.63) is 157 Å². The second kappa shape index (κ2) is 21.8. The standard InChI is InChI=1S/C59H68O11/c1-36(2)46-23-19-37-17-20-40(21-18-37)47-24-22-42(41-14-10-13-39(30-41)29-38-11-6-4-7-12-38)31-44(47)32-51(63)67-55-53-50(70-59(3,56(55)69-57(46)64)45-15-8-5-9-16-45)26-25-48-49(33-61)52(58(65)68-54(48)53)43(27-28-60)34-66-35-62/h4,6-7,10-14,17-18,20-21,25-26,30,42-45,47,55-56,60-62H,5,8-9,15-16,19,22-24,27-29,31-35H2,1-3H3. The van der Waals surface area contributed by atoms with Crippen LogP contribution in [0.1, 0.15) is 160 Å². The summed E-state index contributed by atoms with van der Waals surface area (Å²) in [6.07, 6.45) is 6.88. The summed E-state index contributed by atoms with van der Waals surface area (Å²) >= 11 is 0. The molecule has 0 saturated heterocycles. The predicted octanol–water partition coefficient (Wildman–Crippen LogP) is 10.6. The molecule has 2 saturated carbocycles. The average Bonchev–Trinajstić information content (AvgIpc) is 3.36. The fraction of sp³-hybridized carbons (Fsp3) is 0.475. The molecule has 0 spiro atoms. The molecule has 0 radical (unpaired) electrons. The summed E-state index contributed by atoms with van der Waals surface area (Å²) in [6, 6.07) is 31.5. The van der Waals surface area contributed by atoms with Crippen LogP contribution >= 0.6 is 0 Å². The number of aryl methyl sites for hydroxylation is 1. The van der Waals surface area contributed by atoms with Crippen molar-refractivity contribution in [1.82, 2.24) is 0 Å². The lowest BCUT2D eigenvalue weighted by Crippen LogP contribution is -2.58. The Hall–Kier alpha value is -5.59. The van der Waals surface area contributed by atoms with Crippen LogP contribution in [0.15, 0.2) is 111 Å². The van der Waals surface area contributed by atoms with Crippen LogP contribution in [0.4, 0.5) is 0 Å². The third-order valence-corrected chi connectivity index (χ3v) is 16.0. The highest BCUT2D eigenvalue weighted by Crippen LogP contribution is 2.53. The van der Waals surface area contributed by atoms with Crippen LogP contribution in [0.5, 0.6) is 5.75 Å². The molecule has 0 amide bonds. The van der Waals surface area contributed by atoms with Gasteiger partial charge in [-0.05, 0) is 142 Å². The number of ether oxygens (including phenoxy) is 4. The molecule has 10 rings (SSSR count). The number of carbonyl (C=O) groups is 2. The fourth-order valence-electron chi connectivity index (χ4n) is 12.4. The number of allylic oxidation sites excluding steroid dienone is 1. The third kappa shape index (κ3) is 10.3. The zero-order valence-electron chi connectivity index (χ0n) is 40.8. The Morgan fingerprint density at radius 3 is 2.31 bits per heavy atom. The number of hydrogen-bond donors (Lipinski definition) is 3. The number of aliphatic hydroxyl groups is 3. The number of aliphatic hydroxyl groups excluding tert-OH is 3. The van der Waals surface area contributed by atoms with E-state index in [1.165, 1.54) is 22.3 Å². The number of fused-ring (bicyclic) bond motifs is 11. The Morgan fingerprint density at radius 1 is 0.814 bits per heavy atom. The number of esters is 2. The van der Waals surface area contributed by atoms with Gasteiger partial charge < -0.3 is 38.7 Å². The number of rotatable bonds is 11. The maximum atomic E-state index is 15.2. The number of hydrogen-bond acceptors (Lipinski definition) is 11. The van der Waals surface area contributed by atoms with Crippen LogP contribution in [0.2, 0.25) is 0 Å². The maximum Gasteiger partial charge on any atom is 0.340 e. The smallest absolute Gasteiger partial charge is 0.340 e. The molecule has 5 aromatic rings. The molecule has 2 aliphatic carbocycles. The summed E-state index contributed by atoms with van der Waals surface area (Å²) in [4.78, 5) is 44.4. The highest BCUT2D eigenvalue weighted by Gasteiger charge is 2.57. The van der Waals surface area contributed by atoms with E-state index in [1.54, 1.807) is 12.1 Å². The van der Waals surface area contributed by atoms with Gasteiger partial charge >= 0.3 is 17.6 Å². The second-order valence-corrected chi connectivity index (χ2v) is 20.6. The Bertz CT molecular complexity index is 2730. The van der Waals surface area contributed by atoms with E-state index in [1.807, 2.05) is 26.8 Å². The molecule has 2 bridgehead atoms. The highest BCUT2D eigenvalue weighted by molar-refractivity contribution is 5.90. The van der Waals surface area contributed by atoms with E-state index in [9.17, 15) is 24.9 Å². The van der Waals surface area contributed by atoms with Gasteiger partial charge in [0.05, 0.1) is 18.8 Å². The minimum atomic E-state index is -1.26. The van der Waals surface area contributed by atoms with Crippen molar-refractivity contribution >= 4 is 22.9 Å². The highest BCUT2D eigenvalue weighted by atomic mass is 16.6. The molecule has 5 aliphatic rings. The van der Waals surface area contributed by atoms with Gasteiger partial charge in [-0.15, -0.1) is 0 Å². The molecule has 11 heteroatoms. The van der Waals surface area contributed by atoms with E-state index < -0.39 is 54.7 Å². The molecule has 7 atom stereocenters. The Morgan fingerprint density at radius 2 is 1.59 bits per heavy atom. The summed E-state index contributed by atoms with van der Waals surface area (Å²) in [6.45, 7) is 4.22. The van der Waals surface area contributed by atoms with Gasteiger partial charge in [0.25, 0.3) is 0 Å². The van der Waals surface area contributed by atoms with E-state index in [-0.39, 0.29) is 72.0 Å². The predicted molar refractivity (Wildman–Crippen MR) is 266 cm³/mol. The van der Waals surface area contributed by atoms with E-state index >= 15 is 4.79 Å². The molecule has 3 N–H and O–H groups in total. The van der Waals surface area contributed by atoms with E-state index in [0.29, 0.717) is 29.6 Å². The first-order chi connectivity index (χ1) is 34.0. The van der Waals surface area contributed by atoms with Crippen molar-refractivity contribution in [3.8, 4) is 5.75 Å². The third-order valence-electron chi connectivity index (χ3n) is 16.0. The van der Waals surface area contributed by atoms with Gasteiger partial charge in [0.15, 0.2) is 12.2 Å². The van der Waals surface area contributed by atoms with Gasteiger partial charge in [-0.25, -0.2) is 9.59 Å². The average molecular weight is 953 g/mol. The molecule has 370 valence electrons. The first kappa shape index (κ1) is 49.4. The van der Waals surface area contributed by atoms with Gasteiger partial charge in [0, 0.05) is 41.4 Å². The molecule has 4 aromatic carbocycles. The van der Waals surface area contributed by atoms with E-state index in [0.717, 1.165) is 68.9 Å². The van der Waals surface area contributed by atoms with Crippen LogP contribution in [0, 0.1) is 11.8 Å². The van der Waals surface area contributed by atoms with Crippen LogP contribution in [0.3, 0.4) is 0 Å². The van der Waals surface area contributed by atoms with E-state index in [2.05, 4.69) is 72.8 Å². The summed E-state index contributed by atoms with van der Waals surface area (Å²) in [7, 11) is 0. The quantitative estimate of drug-likeness (QED) is 0.0500. The van der Waals surface area contributed by atoms with E-state index in [4.69, 9.17) is 23.4 Å². The molecule has 3 aliphatic heterocycles. The van der Waals surface area contributed by atoms with Crippen molar-refractivity contribution in [3.63, 3.8) is 0 Å². The minimum absolute atomic E-state index is 0.0491. The normalized spacial score (nSPS) is 24.7. The Labute approximate surface area is 410 Å². The van der Waals surface area contributed by atoms with Crippen molar-refractivity contribution in [2.45, 2.75) is 146 Å². The zero-order valence-corrected chi connectivity index (χ0v) is 40.8. The van der Waals surface area contributed by atoms with Gasteiger partial charge in [0.1, 0.15) is 23.7 Å². The van der Waals surface area contributed by atoms with Crippen LogP contribution in [-0.2, 0) is 43.2 Å². The molecule has 1 aromatic heterocycles. The maximum absolute atomic E-state index is 15.2. The second-order valence-electron chi connectivity index (χ2n) is 20.6. The first-order valence-electron chi connectivity index (χ1n) is 25.5. The van der Waals surface area contributed by atoms with Gasteiger partial charge in [-0.1, -0.05) is 104 Å². The van der Waals surface area contributed by atoms with Crippen LogP contribution in [-0.4, -0.2) is 59.0 Å². The summed E-state index contributed by atoms with van der Waals surface area (Å²) < 4.78 is 32.4. The van der Waals surface area contributed by atoms with Gasteiger partial charge in [-0.3, -0.25) is 4.79 Å². The minimum Gasteiger partial charge on any atom is -0.483 e. The largest absolute Gasteiger partial charge is 0.483 e. The molecule has 70 heavy (non-hydrogen) atoms. The molecule has 4 heterocycles. The summed E-state index contributed by atoms with van der Waals surface area (Å²) in [5.41, 5.74) is 6.11. The first-order valence-corrected chi connectivity index (χ1v) is 25.5. The molecule has 11 nitrogen and oxygen atoms in total. The molecular formula is C59H68O11. The SMILES string of the molecule is CC(C)=C1CCc2ccc(cc2)C2CCC(c3cccc(Cc4ccccc4)c3)CC2CC(=O)OC2c3c(ccc4c(CO)c(C(CCO)COCO)c(=O)oc34)OC(C)(C3CCCCC3)C2OC1=O. The van der Waals surface area contributed by atoms with Gasteiger partial charge in [0.2, 0.25) is 0 Å². The monoisotopic (exact) mass is 952 g/mol. The number of carbonyl (C=O) groups excluding carboxylic acids is 2. The van der Waals surface area contributed by atoms with Crippen LogP contribution in [0.25, 0.3) is 11.0 Å². The molecular weight excluding hydrogens is 885 g/mol. The van der Waals surface area contributed by atoms with Crippen molar-refractivity contribution in [1.29, 1.82) is 0 Å². The Balaban J connectivity index is 1.17. The van der Waals surface area contributed by atoms with Crippen molar-refractivity contribution in [2.24, 2.45) is 11.8 Å². The summed E-state index contributed by atoms with van der Waals surface area (Å²) in [5, 5.41) is 30.9. The van der Waals surface area contributed by atoms with Gasteiger partial charge in [-0.2, -0.15) is 0 Å². The lowest BCUT2D eigenvalue weighted by molar-refractivity contribution is -0.201.